The van der Waals surface area contributed by atoms with Gasteiger partial charge in [0.2, 0.25) is 15.9 Å². The molecule has 0 unspecified atom stereocenters. The van der Waals surface area contributed by atoms with Gasteiger partial charge >= 0.3 is 0 Å². The van der Waals surface area contributed by atoms with Crippen molar-refractivity contribution in [1.29, 1.82) is 0 Å². The van der Waals surface area contributed by atoms with Crippen LogP contribution in [0, 0.1) is 5.82 Å². The summed E-state index contributed by atoms with van der Waals surface area (Å²) in [5.74, 6) is -0.947. The predicted molar refractivity (Wildman–Crippen MR) is 96.6 cm³/mol. The molecule has 0 aliphatic rings. The van der Waals surface area contributed by atoms with Crippen molar-refractivity contribution in [2.24, 2.45) is 0 Å². The Morgan fingerprint density at radius 2 is 1.88 bits per heavy atom. The molecule has 1 aromatic heterocycles. The van der Waals surface area contributed by atoms with E-state index in [2.05, 4.69) is 10.3 Å². The number of hydrogen-bond acceptors (Lipinski definition) is 4. The minimum absolute atomic E-state index is 0.106. The number of aromatic nitrogens is 1. The molecule has 0 aliphatic heterocycles. The summed E-state index contributed by atoms with van der Waals surface area (Å²) in [6.45, 7) is -0.374. The smallest absolute Gasteiger partial charge is 0.243 e. The molecule has 1 heterocycles. The van der Waals surface area contributed by atoms with Crippen LogP contribution in [0.2, 0.25) is 0 Å². The van der Waals surface area contributed by atoms with Gasteiger partial charge in [0.25, 0.3) is 0 Å². The highest BCUT2D eigenvalue weighted by Gasteiger charge is 2.24. The molecular weight excluding hydrogens is 357 g/mol. The van der Waals surface area contributed by atoms with Crippen LogP contribution in [0.25, 0.3) is 10.8 Å². The molecule has 0 fully saturated rings. The Bertz CT molecular complexity index is 1050. The zero-order valence-corrected chi connectivity index (χ0v) is 14.7. The van der Waals surface area contributed by atoms with Gasteiger partial charge in [0, 0.05) is 35.9 Å². The van der Waals surface area contributed by atoms with Crippen molar-refractivity contribution >= 4 is 32.4 Å². The van der Waals surface area contributed by atoms with E-state index in [4.69, 9.17) is 0 Å². The van der Waals surface area contributed by atoms with Crippen LogP contribution in [0.4, 0.5) is 10.1 Å². The number of benzene rings is 2. The molecule has 0 saturated heterocycles. The molecule has 0 radical (unpaired) electrons. The molecule has 0 atom stereocenters. The molecule has 26 heavy (non-hydrogen) atoms. The van der Waals surface area contributed by atoms with E-state index in [9.17, 15) is 17.6 Å². The summed E-state index contributed by atoms with van der Waals surface area (Å²) in [7, 11) is -2.54. The Morgan fingerprint density at radius 1 is 1.15 bits per heavy atom. The van der Waals surface area contributed by atoms with E-state index in [-0.39, 0.29) is 11.4 Å². The van der Waals surface area contributed by atoms with Gasteiger partial charge in [0.1, 0.15) is 5.82 Å². The van der Waals surface area contributed by atoms with Gasteiger partial charge in [0.05, 0.1) is 11.4 Å². The standard InChI is InChI=1S/C18H16FN3O3S/c1-22(12-18(23)21-15-7-5-14(19)6-8-15)26(24,25)17-4-2-3-13-11-20-10-9-16(13)17/h2-11H,12H2,1H3,(H,21,23). The lowest BCUT2D eigenvalue weighted by atomic mass is 10.2. The third-order valence-electron chi connectivity index (χ3n) is 3.82. The fraction of sp³-hybridized carbons (Fsp3) is 0.111. The quantitative estimate of drug-likeness (QED) is 0.746. The number of fused-ring (bicyclic) bond motifs is 1. The Morgan fingerprint density at radius 3 is 2.62 bits per heavy atom. The third-order valence-corrected chi connectivity index (χ3v) is 5.68. The van der Waals surface area contributed by atoms with Crippen LogP contribution in [-0.2, 0) is 14.8 Å². The number of anilines is 1. The number of nitrogens with one attached hydrogen (secondary N) is 1. The fourth-order valence-corrected chi connectivity index (χ4v) is 3.84. The number of amides is 1. The van der Waals surface area contributed by atoms with Gasteiger partial charge in [-0.2, -0.15) is 4.31 Å². The maximum absolute atomic E-state index is 12.9. The fourth-order valence-electron chi connectivity index (χ4n) is 2.51. The molecule has 1 N–H and O–H groups in total. The van der Waals surface area contributed by atoms with Crippen molar-refractivity contribution in [3.05, 3.63) is 66.7 Å². The molecule has 134 valence electrons. The van der Waals surface area contributed by atoms with E-state index >= 15 is 0 Å². The van der Waals surface area contributed by atoms with E-state index in [0.29, 0.717) is 16.5 Å². The first-order valence-corrected chi connectivity index (χ1v) is 9.16. The number of hydrogen-bond donors (Lipinski definition) is 1. The monoisotopic (exact) mass is 373 g/mol. The molecule has 3 aromatic rings. The van der Waals surface area contributed by atoms with Crippen molar-refractivity contribution < 1.29 is 17.6 Å². The van der Waals surface area contributed by atoms with Crippen molar-refractivity contribution in [3.8, 4) is 0 Å². The first-order valence-electron chi connectivity index (χ1n) is 7.72. The van der Waals surface area contributed by atoms with Crippen molar-refractivity contribution in [2.45, 2.75) is 4.90 Å². The lowest BCUT2D eigenvalue weighted by Crippen LogP contribution is -2.35. The molecule has 0 saturated carbocycles. The number of carbonyl (C=O) groups excluding carboxylic acids is 1. The number of sulfonamides is 1. The Balaban J connectivity index is 1.80. The Labute approximate surface area is 150 Å². The number of rotatable bonds is 5. The van der Waals surface area contributed by atoms with Gasteiger partial charge in [-0.1, -0.05) is 12.1 Å². The van der Waals surface area contributed by atoms with E-state index in [0.717, 1.165) is 4.31 Å². The minimum atomic E-state index is -3.87. The van der Waals surface area contributed by atoms with E-state index in [1.165, 1.54) is 43.6 Å². The molecule has 3 rings (SSSR count). The summed E-state index contributed by atoms with van der Waals surface area (Å²) in [6.07, 6.45) is 3.10. The van der Waals surface area contributed by atoms with Crippen molar-refractivity contribution in [3.63, 3.8) is 0 Å². The number of nitrogens with zero attached hydrogens (tertiary/aromatic N) is 2. The summed E-state index contributed by atoms with van der Waals surface area (Å²) in [5, 5.41) is 3.77. The van der Waals surface area contributed by atoms with Crippen molar-refractivity contribution in [2.75, 3.05) is 18.9 Å². The van der Waals surface area contributed by atoms with Crippen molar-refractivity contribution in [1.82, 2.24) is 9.29 Å². The van der Waals surface area contributed by atoms with Gasteiger partial charge in [0.15, 0.2) is 0 Å². The highest BCUT2D eigenvalue weighted by Crippen LogP contribution is 2.24. The summed E-state index contributed by atoms with van der Waals surface area (Å²) >= 11 is 0. The second kappa shape index (κ2) is 7.19. The number of halogens is 1. The lowest BCUT2D eigenvalue weighted by molar-refractivity contribution is -0.116. The van der Waals surface area contributed by atoms with Gasteiger partial charge in [-0.15, -0.1) is 0 Å². The molecule has 0 spiro atoms. The average molecular weight is 373 g/mol. The summed E-state index contributed by atoms with van der Waals surface area (Å²) < 4.78 is 39.6. The highest BCUT2D eigenvalue weighted by atomic mass is 32.2. The van der Waals surface area contributed by atoms with E-state index < -0.39 is 21.7 Å². The summed E-state index contributed by atoms with van der Waals surface area (Å²) in [6, 6.07) is 11.7. The molecule has 1 amide bonds. The lowest BCUT2D eigenvalue weighted by Gasteiger charge is -2.18. The second-order valence-corrected chi connectivity index (χ2v) is 7.68. The van der Waals surface area contributed by atoms with Gasteiger partial charge < -0.3 is 5.32 Å². The van der Waals surface area contributed by atoms with Gasteiger partial charge in [-0.05, 0) is 36.4 Å². The first kappa shape index (κ1) is 18.0. The SMILES string of the molecule is CN(CC(=O)Nc1ccc(F)cc1)S(=O)(=O)c1cccc2cnccc12. The van der Waals surface area contributed by atoms with Crippen LogP contribution in [0.3, 0.4) is 0 Å². The maximum Gasteiger partial charge on any atom is 0.243 e. The Kier molecular flexibility index (Phi) is 4.97. The largest absolute Gasteiger partial charge is 0.325 e. The normalized spacial score (nSPS) is 11.7. The van der Waals surface area contributed by atoms with E-state index in [1.807, 2.05) is 0 Å². The zero-order valence-electron chi connectivity index (χ0n) is 13.9. The molecule has 0 aliphatic carbocycles. The maximum atomic E-state index is 12.9. The number of pyridine rings is 1. The third kappa shape index (κ3) is 3.71. The molecule has 2 aromatic carbocycles. The van der Waals surface area contributed by atoms with Crippen LogP contribution >= 0.6 is 0 Å². The number of carbonyl (C=O) groups is 1. The van der Waals surface area contributed by atoms with Crippen LogP contribution in [-0.4, -0.2) is 37.2 Å². The summed E-state index contributed by atoms with van der Waals surface area (Å²) in [5.41, 5.74) is 0.387. The van der Waals surface area contributed by atoms with Crippen LogP contribution in [0.5, 0.6) is 0 Å². The zero-order chi connectivity index (χ0) is 18.7. The van der Waals surface area contributed by atoms with Gasteiger partial charge in [-0.3, -0.25) is 9.78 Å². The van der Waals surface area contributed by atoms with E-state index in [1.54, 1.807) is 24.4 Å². The summed E-state index contributed by atoms with van der Waals surface area (Å²) in [4.78, 5) is 16.2. The first-order chi connectivity index (χ1) is 12.4. The van der Waals surface area contributed by atoms with Crippen LogP contribution < -0.4 is 5.32 Å². The number of likely N-dealkylation sites (N-methyl/N-ethyl adjacent to an activating group) is 1. The highest BCUT2D eigenvalue weighted by molar-refractivity contribution is 7.89. The predicted octanol–water partition coefficient (Wildman–Crippen LogP) is 2.63. The van der Waals surface area contributed by atoms with Gasteiger partial charge in [-0.25, -0.2) is 12.8 Å². The van der Waals surface area contributed by atoms with Crippen LogP contribution in [0.1, 0.15) is 0 Å². The molecule has 6 nitrogen and oxygen atoms in total. The topological polar surface area (TPSA) is 79.4 Å². The Hall–Kier alpha value is -2.84. The molecule has 8 heteroatoms. The van der Waals surface area contributed by atoms with Crippen LogP contribution in [0.15, 0.2) is 65.8 Å². The molecular formula is C18H16FN3O3S. The minimum Gasteiger partial charge on any atom is -0.325 e. The second-order valence-electron chi connectivity index (χ2n) is 5.67. The average Bonchev–Trinajstić information content (AvgIpc) is 2.63. The molecule has 0 bridgehead atoms.